The highest BCUT2D eigenvalue weighted by Gasteiger charge is 2.37. The molecule has 2 atom stereocenters. The molecule has 0 spiro atoms. The van der Waals surface area contributed by atoms with Crippen molar-refractivity contribution < 1.29 is 9.59 Å². The minimum absolute atomic E-state index is 0.00662. The van der Waals surface area contributed by atoms with Gasteiger partial charge in [0, 0.05) is 72.2 Å². The average Bonchev–Trinajstić information content (AvgIpc) is 3.21. The standard InChI is InChI=1S/C30H25N3O4/c34-25(31-15-18-14-19(17-31)24-10-5-11-26(35)33(24)16-18)12-13-32-28-21-7-2-3-8-22(21)29(36)27(28)20-6-1-4-9-23(20)30(32)37/h1-11,18-19H,12-17H2. The second-order valence-corrected chi connectivity index (χ2v) is 10.3. The van der Waals surface area contributed by atoms with E-state index in [9.17, 15) is 19.2 Å². The van der Waals surface area contributed by atoms with Gasteiger partial charge in [0.15, 0.2) is 5.78 Å². The molecule has 184 valence electrons. The Labute approximate surface area is 212 Å². The van der Waals surface area contributed by atoms with Gasteiger partial charge < -0.3 is 14.0 Å². The average molecular weight is 492 g/mol. The van der Waals surface area contributed by atoms with Gasteiger partial charge in [-0.1, -0.05) is 48.5 Å². The van der Waals surface area contributed by atoms with E-state index in [1.807, 2.05) is 45.9 Å². The third kappa shape index (κ3) is 3.26. The number of piperidine rings is 1. The van der Waals surface area contributed by atoms with Crippen LogP contribution in [-0.2, 0) is 17.9 Å². The van der Waals surface area contributed by atoms with E-state index in [-0.39, 0.29) is 47.6 Å². The van der Waals surface area contributed by atoms with E-state index in [0.717, 1.165) is 17.7 Å². The molecular formula is C30H25N3O4. The van der Waals surface area contributed by atoms with Crippen LogP contribution in [-0.4, -0.2) is 38.8 Å². The third-order valence-electron chi connectivity index (χ3n) is 8.21. The Morgan fingerprint density at radius 1 is 0.811 bits per heavy atom. The number of nitrogens with zero attached hydrogens (tertiary/aromatic N) is 3. The second-order valence-electron chi connectivity index (χ2n) is 10.3. The number of rotatable bonds is 3. The first kappa shape index (κ1) is 22.0. The van der Waals surface area contributed by atoms with Crippen molar-refractivity contribution in [2.45, 2.75) is 31.8 Å². The van der Waals surface area contributed by atoms with Gasteiger partial charge in [-0.25, -0.2) is 0 Å². The van der Waals surface area contributed by atoms with Gasteiger partial charge in [-0.2, -0.15) is 0 Å². The molecule has 37 heavy (non-hydrogen) atoms. The first-order valence-corrected chi connectivity index (χ1v) is 12.8. The van der Waals surface area contributed by atoms with Gasteiger partial charge >= 0.3 is 0 Å². The Hall–Kier alpha value is -4.26. The second kappa shape index (κ2) is 8.13. The minimum atomic E-state index is -0.185. The Balaban J connectivity index is 1.22. The van der Waals surface area contributed by atoms with Gasteiger partial charge in [0.1, 0.15) is 0 Å². The fraction of sp³-hybridized carbons (Fsp3) is 0.267. The van der Waals surface area contributed by atoms with Crippen LogP contribution in [0.15, 0.2) is 76.3 Å². The predicted octanol–water partition coefficient (Wildman–Crippen LogP) is 3.41. The molecule has 2 unspecified atom stereocenters. The van der Waals surface area contributed by atoms with Gasteiger partial charge in [0.05, 0.1) is 11.3 Å². The maximum absolute atomic E-state index is 13.6. The van der Waals surface area contributed by atoms with Gasteiger partial charge in [-0.05, 0) is 24.5 Å². The summed E-state index contributed by atoms with van der Waals surface area (Å²) in [4.78, 5) is 54.6. The summed E-state index contributed by atoms with van der Waals surface area (Å²) >= 11 is 0. The van der Waals surface area contributed by atoms with Crippen LogP contribution in [0.4, 0.5) is 0 Å². The maximum Gasteiger partial charge on any atom is 0.258 e. The summed E-state index contributed by atoms with van der Waals surface area (Å²) in [5, 5.41) is 1.15. The number of hydrogen-bond donors (Lipinski definition) is 0. The molecule has 7 nitrogen and oxygen atoms in total. The lowest BCUT2D eigenvalue weighted by molar-refractivity contribution is -0.134. The number of amides is 1. The molecule has 7 heteroatoms. The molecule has 2 aromatic carbocycles. The topological polar surface area (TPSA) is 81.4 Å². The molecule has 1 fully saturated rings. The van der Waals surface area contributed by atoms with Crippen LogP contribution >= 0.6 is 0 Å². The molecule has 0 N–H and O–H groups in total. The van der Waals surface area contributed by atoms with E-state index >= 15 is 0 Å². The Kier molecular flexibility index (Phi) is 4.83. The summed E-state index contributed by atoms with van der Waals surface area (Å²) in [6.45, 7) is 2.02. The maximum atomic E-state index is 13.6. The lowest BCUT2D eigenvalue weighted by Gasteiger charge is -2.42. The molecule has 4 aromatic rings. The normalized spacial score (nSPS) is 19.5. The largest absolute Gasteiger partial charge is 0.342 e. The molecule has 1 aliphatic carbocycles. The van der Waals surface area contributed by atoms with Crippen LogP contribution in [0.3, 0.4) is 0 Å². The van der Waals surface area contributed by atoms with Crippen molar-refractivity contribution in [3.8, 4) is 11.3 Å². The molecule has 2 aromatic heterocycles. The Bertz CT molecular complexity index is 1750. The van der Waals surface area contributed by atoms with Gasteiger partial charge in [0.2, 0.25) is 5.91 Å². The van der Waals surface area contributed by atoms with Crippen LogP contribution in [0.1, 0.15) is 40.4 Å². The molecule has 4 heterocycles. The first-order valence-electron chi connectivity index (χ1n) is 12.8. The van der Waals surface area contributed by atoms with Crippen molar-refractivity contribution in [2.75, 3.05) is 13.1 Å². The predicted molar refractivity (Wildman–Crippen MR) is 140 cm³/mol. The number of aromatic nitrogens is 2. The first-order chi connectivity index (χ1) is 18.0. The lowest BCUT2D eigenvalue weighted by atomic mass is 9.83. The molecule has 3 aliphatic rings. The number of carbonyl (C=O) groups is 2. The highest BCUT2D eigenvalue weighted by Crippen LogP contribution is 2.39. The number of fused-ring (bicyclic) bond motifs is 9. The van der Waals surface area contributed by atoms with E-state index in [1.54, 1.807) is 34.9 Å². The smallest absolute Gasteiger partial charge is 0.258 e. The van der Waals surface area contributed by atoms with E-state index < -0.39 is 0 Å². The number of carbonyl (C=O) groups excluding carboxylic acids is 2. The zero-order valence-corrected chi connectivity index (χ0v) is 20.2. The Morgan fingerprint density at radius 2 is 1.57 bits per heavy atom. The summed E-state index contributed by atoms with van der Waals surface area (Å²) < 4.78 is 3.48. The molecule has 7 rings (SSSR count). The van der Waals surface area contributed by atoms with Crippen LogP contribution in [0.2, 0.25) is 0 Å². The van der Waals surface area contributed by atoms with Crippen molar-refractivity contribution in [1.82, 2.24) is 14.0 Å². The molecular weight excluding hydrogens is 466 g/mol. The van der Waals surface area contributed by atoms with Gasteiger partial charge in [-0.15, -0.1) is 0 Å². The zero-order valence-electron chi connectivity index (χ0n) is 20.2. The summed E-state index contributed by atoms with van der Waals surface area (Å²) in [6.07, 6.45) is 1.14. The van der Waals surface area contributed by atoms with Gasteiger partial charge in [0.25, 0.3) is 11.1 Å². The number of hydrogen-bond acceptors (Lipinski definition) is 4. The zero-order chi connectivity index (χ0) is 25.3. The summed E-state index contributed by atoms with van der Waals surface area (Å²) in [7, 11) is 0. The van der Waals surface area contributed by atoms with Crippen LogP contribution in [0.25, 0.3) is 22.0 Å². The monoisotopic (exact) mass is 491 g/mol. The summed E-state index contributed by atoms with van der Waals surface area (Å²) in [5.41, 5.74) is 3.32. The van der Waals surface area contributed by atoms with Crippen molar-refractivity contribution in [1.29, 1.82) is 0 Å². The quantitative estimate of drug-likeness (QED) is 0.387. The number of pyridine rings is 2. The number of likely N-dealkylation sites (tertiary alicyclic amines) is 1. The van der Waals surface area contributed by atoms with Gasteiger partial charge in [-0.3, -0.25) is 19.2 Å². The SMILES string of the molecule is O=C1c2ccccc2-c2c1c1ccccc1c(=O)n2CCC(=O)N1CC2CC(C1)c1cccc(=O)n1C2. The summed E-state index contributed by atoms with van der Waals surface area (Å²) in [6, 6.07) is 19.9. The molecule has 2 aliphatic heterocycles. The Morgan fingerprint density at radius 3 is 2.41 bits per heavy atom. The molecule has 1 amide bonds. The minimum Gasteiger partial charge on any atom is -0.342 e. The summed E-state index contributed by atoms with van der Waals surface area (Å²) in [5.74, 6) is 0.294. The number of benzene rings is 2. The highest BCUT2D eigenvalue weighted by atomic mass is 16.2. The third-order valence-corrected chi connectivity index (χ3v) is 8.21. The fourth-order valence-electron chi connectivity index (χ4n) is 6.61. The van der Waals surface area contributed by atoms with Crippen molar-refractivity contribution in [2.24, 2.45) is 5.92 Å². The van der Waals surface area contributed by atoms with E-state index in [2.05, 4.69) is 0 Å². The molecule has 1 saturated heterocycles. The molecule has 0 radical (unpaired) electrons. The van der Waals surface area contributed by atoms with E-state index in [0.29, 0.717) is 47.2 Å². The van der Waals surface area contributed by atoms with Crippen LogP contribution < -0.4 is 11.1 Å². The number of ketones is 1. The fourth-order valence-corrected chi connectivity index (χ4v) is 6.61. The van der Waals surface area contributed by atoms with E-state index in [4.69, 9.17) is 0 Å². The van der Waals surface area contributed by atoms with Crippen LogP contribution in [0.5, 0.6) is 0 Å². The van der Waals surface area contributed by atoms with Crippen LogP contribution in [0, 0.1) is 5.92 Å². The highest BCUT2D eigenvalue weighted by molar-refractivity contribution is 6.26. The van der Waals surface area contributed by atoms with Crippen molar-refractivity contribution >= 4 is 22.5 Å². The molecule has 0 saturated carbocycles. The molecule has 2 bridgehead atoms. The van der Waals surface area contributed by atoms with E-state index in [1.165, 1.54) is 0 Å². The lowest BCUT2D eigenvalue weighted by Crippen LogP contribution is -2.49. The van der Waals surface area contributed by atoms with Crippen molar-refractivity contribution in [3.63, 3.8) is 0 Å². The van der Waals surface area contributed by atoms with Crippen molar-refractivity contribution in [3.05, 3.63) is 104 Å².